The topological polar surface area (TPSA) is 41.6 Å². The number of amidine groups is 1. The fourth-order valence-corrected chi connectivity index (χ4v) is 1.17. The summed E-state index contributed by atoms with van der Waals surface area (Å²) in [7, 11) is 1.95. The highest BCUT2D eigenvalue weighted by Crippen LogP contribution is 2.08. The Morgan fingerprint density at radius 1 is 1.78 bits per heavy atom. The van der Waals surface area contributed by atoms with Crippen LogP contribution in [0, 0.1) is 5.92 Å². The van der Waals surface area contributed by atoms with E-state index in [0.717, 1.165) is 18.8 Å². The lowest BCUT2D eigenvalue weighted by Gasteiger charge is -2.24. The molecule has 0 aromatic rings. The van der Waals surface area contributed by atoms with E-state index in [1.165, 1.54) is 0 Å². The molecule has 3 nitrogen and oxygen atoms in total. The van der Waals surface area contributed by atoms with Crippen LogP contribution in [0.4, 0.5) is 0 Å². The average molecular weight is 127 g/mol. The van der Waals surface area contributed by atoms with Gasteiger partial charge in [-0.2, -0.15) is 5.10 Å². The molecule has 0 amide bonds. The molecule has 9 heavy (non-hydrogen) atoms. The van der Waals surface area contributed by atoms with Crippen LogP contribution in [0.25, 0.3) is 0 Å². The molecule has 0 fully saturated rings. The van der Waals surface area contributed by atoms with Gasteiger partial charge in [0.15, 0.2) is 0 Å². The zero-order valence-electron chi connectivity index (χ0n) is 5.96. The molecule has 0 bridgehead atoms. The van der Waals surface area contributed by atoms with E-state index in [4.69, 9.17) is 5.73 Å². The average Bonchev–Trinajstić information content (AvgIpc) is 1.59. The van der Waals surface area contributed by atoms with E-state index in [-0.39, 0.29) is 0 Å². The first-order chi connectivity index (χ1) is 4.18. The van der Waals surface area contributed by atoms with Crippen LogP contribution in [0.3, 0.4) is 0 Å². The summed E-state index contributed by atoms with van der Waals surface area (Å²) in [6, 6.07) is 0. The number of nitrogens with zero attached hydrogens (tertiary/aromatic N) is 2. The van der Waals surface area contributed by atoms with E-state index in [9.17, 15) is 0 Å². The van der Waals surface area contributed by atoms with Gasteiger partial charge in [-0.1, -0.05) is 6.92 Å². The van der Waals surface area contributed by atoms with Gasteiger partial charge in [0.1, 0.15) is 5.84 Å². The third-order valence-electron chi connectivity index (χ3n) is 1.43. The predicted molar refractivity (Wildman–Crippen MR) is 38.0 cm³/mol. The van der Waals surface area contributed by atoms with Crippen LogP contribution in [0.1, 0.15) is 13.3 Å². The van der Waals surface area contributed by atoms with Crippen molar-refractivity contribution in [1.82, 2.24) is 5.01 Å². The van der Waals surface area contributed by atoms with Gasteiger partial charge in [0, 0.05) is 20.0 Å². The van der Waals surface area contributed by atoms with Gasteiger partial charge in [0.25, 0.3) is 0 Å². The number of nitrogens with two attached hydrogens (primary N) is 1. The first-order valence-corrected chi connectivity index (χ1v) is 3.22. The third-order valence-corrected chi connectivity index (χ3v) is 1.43. The highest BCUT2D eigenvalue weighted by atomic mass is 15.5. The summed E-state index contributed by atoms with van der Waals surface area (Å²) in [6.45, 7) is 3.21. The van der Waals surface area contributed by atoms with Crippen molar-refractivity contribution < 1.29 is 0 Å². The van der Waals surface area contributed by atoms with E-state index in [1.54, 1.807) is 0 Å². The summed E-state index contributed by atoms with van der Waals surface area (Å²) >= 11 is 0. The zero-order chi connectivity index (χ0) is 6.85. The summed E-state index contributed by atoms with van der Waals surface area (Å²) in [6.07, 6.45) is 0.949. The quantitative estimate of drug-likeness (QED) is 0.506. The summed E-state index contributed by atoms with van der Waals surface area (Å²) in [4.78, 5) is 0. The highest BCUT2D eigenvalue weighted by Gasteiger charge is 2.12. The summed E-state index contributed by atoms with van der Waals surface area (Å²) in [5, 5.41) is 5.95. The molecule has 2 N–H and O–H groups in total. The Morgan fingerprint density at radius 3 is 2.89 bits per heavy atom. The minimum absolute atomic E-state index is 0.660. The lowest BCUT2D eigenvalue weighted by Crippen LogP contribution is -2.32. The second-order valence-electron chi connectivity index (χ2n) is 2.74. The molecule has 3 heteroatoms. The Balaban J connectivity index is 2.56. The Hall–Kier alpha value is -0.730. The van der Waals surface area contributed by atoms with Gasteiger partial charge >= 0.3 is 0 Å². The molecule has 1 rings (SSSR count). The molecule has 0 radical (unpaired) electrons. The fraction of sp³-hybridized carbons (Fsp3) is 0.833. The van der Waals surface area contributed by atoms with Crippen molar-refractivity contribution in [2.45, 2.75) is 13.3 Å². The molecule has 0 saturated carbocycles. The van der Waals surface area contributed by atoms with Crippen LogP contribution >= 0.6 is 0 Å². The molecule has 1 atom stereocenters. The van der Waals surface area contributed by atoms with E-state index >= 15 is 0 Å². The molecule has 0 aliphatic carbocycles. The van der Waals surface area contributed by atoms with Gasteiger partial charge in [-0.3, -0.25) is 5.01 Å². The second-order valence-corrected chi connectivity index (χ2v) is 2.74. The van der Waals surface area contributed by atoms with Gasteiger partial charge in [-0.05, 0) is 5.92 Å². The summed E-state index contributed by atoms with van der Waals surface area (Å²) < 4.78 is 0. The molecule has 0 saturated heterocycles. The molecule has 0 aromatic carbocycles. The normalized spacial score (nSPS) is 28.0. The van der Waals surface area contributed by atoms with Gasteiger partial charge in [-0.25, -0.2) is 0 Å². The van der Waals surface area contributed by atoms with Crippen LogP contribution in [-0.4, -0.2) is 24.4 Å². The maximum Gasteiger partial charge on any atom is 0.120 e. The molecule has 0 aromatic heterocycles. The lowest BCUT2D eigenvalue weighted by molar-refractivity contribution is 0.282. The van der Waals surface area contributed by atoms with Gasteiger partial charge in [0.05, 0.1) is 0 Å². The van der Waals surface area contributed by atoms with E-state index in [2.05, 4.69) is 12.0 Å². The molecule has 1 aliphatic rings. The third kappa shape index (κ3) is 1.59. The van der Waals surface area contributed by atoms with Crippen molar-refractivity contribution in [3.05, 3.63) is 0 Å². The number of rotatable bonds is 0. The van der Waals surface area contributed by atoms with Crippen molar-refractivity contribution in [3.63, 3.8) is 0 Å². The monoisotopic (exact) mass is 127 g/mol. The standard InChI is InChI=1S/C6H13N3/c1-5-3-6(7)8-9(2)4-5/h5H,3-4H2,1-2H3,(H2,7,8)/t5-/m0/s1. The van der Waals surface area contributed by atoms with E-state index in [0.29, 0.717) is 5.92 Å². The molecule has 0 unspecified atom stereocenters. The van der Waals surface area contributed by atoms with Crippen molar-refractivity contribution in [1.29, 1.82) is 0 Å². The Labute approximate surface area is 55.5 Å². The summed E-state index contributed by atoms with van der Waals surface area (Å²) in [5.41, 5.74) is 5.52. The largest absolute Gasteiger partial charge is 0.386 e. The highest BCUT2D eigenvalue weighted by molar-refractivity contribution is 5.80. The minimum atomic E-state index is 0.660. The molecular weight excluding hydrogens is 114 g/mol. The van der Waals surface area contributed by atoms with Crippen molar-refractivity contribution >= 4 is 5.84 Å². The number of hydrazone groups is 1. The SMILES string of the molecule is C[C@H]1CC(N)=NN(C)C1. The predicted octanol–water partition coefficient (Wildman–Crippen LogP) is 0.230. The van der Waals surface area contributed by atoms with Crippen LogP contribution in [0.2, 0.25) is 0 Å². The molecule has 1 aliphatic heterocycles. The second kappa shape index (κ2) is 2.25. The first kappa shape index (κ1) is 6.39. The van der Waals surface area contributed by atoms with E-state index in [1.807, 2.05) is 12.1 Å². The maximum absolute atomic E-state index is 5.52. The number of hydrogen-bond donors (Lipinski definition) is 1. The van der Waals surface area contributed by atoms with Gasteiger partial charge in [-0.15, -0.1) is 0 Å². The molecule has 0 spiro atoms. The number of hydrogen-bond acceptors (Lipinski definition) is 3. The molecule has 1 heterocycles. The van der Waals surface area contributed by atoms with Crippen molar-refractivity contribution in [2.75, 3.05) is 13.6 Å². The van der Waals surface area contributed by atoms with Crippen LogP contribution in [-0.2, 0) is 0 Å². The lowest BCUT2D eigenvalue weighted by atomic mass is 10.1. The van der Waals surface area contributed by atoms with Gasteiger partial charge < -0.3 is 5.73 Å². The van der Waals surface area contributed by atoms with E-state index < -0.39 is 0 Å². The fourth-order valence-electron chi connectivity index (χ4n) is 1.17. The van der Waals surface area contributed by atoms with Crippen LogP contribution in [0.5, 0.6) is 0 Å². The Kier molecular flexibility index (Phi) is 1.60. The first-order valence-electron chi connectivity index (χ1n) is 3.22. The summed E-state index contributed by atoms with van der Waals surface area (Å²) in [5.74, 6) is 1.42. The molecular formula is C6H13N3. The zero-order valence-corrected chi connectivity index (χ0v) is 5.96. The van der Waals surface area contributed by atoms with Crippen LogP contribution < -0.4 is 5.73 Å². The van der Waals surface area contributed by atoms with Crippen molar-refractivity contribution in [2.24, 2.45) is 16.8 Å². The Morgan fingerprint density at radius 2 is 2.44 bits per heavy atom. The smallest absolute Gasteiger partial charge is 0.120 e. The van der Waals surface area contributed by atoms with Gasteiger partial charge in [0.2, 0.25) is 0 Å². The maximum atomic E-state index is 5.52. The minimum Gasteiger partial charge on any atom is -0.386 e. The van der Waals surface area contributed by atoms with Crippen molar-refractivity contribution in [3.8, 4) is 0 Å². The molecule has 52 valence electrons. The Bertz CT molecular complexity index is 130. The van der Waals surface area contributed by atoms with Crippen LogP contribution in [0.15, 0.2) is 5.10 Å².